The van der Waals surface area contributed by atoms with Crippen molar-refractivity contribution in [1.82, 2.24) is 25.0 Å². The topological polar surface area (TPSA) is 97.7 Å². The van der Waals surface area contributed by atoms with E-state index in [1.54, 1.807) is 17.7 Å². The number of aromatic nitrogens is 5. The molecular formula is C18H18F2N6O2. The van der Waals surface area contributed by atoms with Crippen LogP contribution in [-0.2, 0) is 4.74 Å². The highest BCUT2D eigenvalue weighted by atomic mass is 19.1. The van der Waals surface area contributed by atoms with Crippen molar-refractivity contribution in [2.75, 3.05) is 18.5 Å². The highest BCUT2D eigenvalue weighted by Gasteiger charge is 2.24. The number of halogens is 2. The van der Waals surface area contributed by atoms with Crippen LogP contribution in [0.4, 0.5) is 14.7 Å². The van der Waals surface area contributed by atoms with Crippen LogP contribution in [0.5, 0.6) is 0 Å². The van der Waals surface area contributed by atoms with Gasteiger partial charge in [0.25, 0.3) is 5.91 Å². The Labute approximate surface area is 158 Å². The van der Waals surface area contributed by atoms with E-state index in [0.717, 1.165) is 25.0 Å². The fourth-order valence-corrected chi connectivity index (χ4v) is 3.21. The molecule has 1 fully saturated rings. The summed E-state index contributed by atoms with van der Waals surface area (Å²) in [6, 6.07) is 5.24. The van der Waals surface area contributed by atoms with E-state index >= 15 is 0 Å². The summed E-state index contributed by atoms with van der Waals surface area (Å²) in [6.45, 7) is 3.03. The maximum absolute atomic E-state index is 13.9. The zero-order valence-electron chi connectivity index (χ0n) is 15.1. The van der Waals surface area contributed by atoms with Crippen LogP contribution in [-0.4, -0.2) is 44.1 Å². The normalized spacial score (nSPS) is 15.0. The highest BCUT2D eigenvalue weighted by molar-refractivity contribution is 6.02. The van der Waals surface area contributed by atoms with E-state index in [0.29, 0.717) is 24.6 Å². The molecule has 0 saturated carbocycles. The molecule has 1 aliphatic rings. The number of rotatable bonds is 4. The predicted molar refractivity (Wildman–Crippen MR) is 95.7 cm³/mol. The number of nitrogens with one attached hydrogen (secondary N) is 2. The lowest BCUT2D eigenvalue weighted by atomic mass is 10.1. The van der Waals surface area contributed by atoms with E-state index in [-0.39, 0.29) is 23.4 Å². The number of amides is 1. The summed E-state index contributed by atoms with van der Waals surface area (Å²) in [4.78, 5) is 16.7. The van der Waals surface area contributed by atoms with Crippen LogP contribution in [0.15, 0.2) is 24.3 Å². The van der Waals surface area contributed by atoms with E-state index in [4.69, 9.17) is 4.74 Å². The predicted octanol–water partition coefficient (Wildman–Crippen LogP) is 2.86. The first-order chi connectivity index (χ1) is 13.5. The molecule has 1 aromatic carbocycles. The summed E-state index contributed by atoms with van der Waals surface area (Å²) < 4.78 is 34.8. The number of carbonyl (C=O) groups excluding carboxylic acids is 1. The zero-order valence-corrected chi connectivity index (χ0v) is 15.1. The van der Waals surface area contributed by atoms with E-state index in [2.05, 4.69) is 25.6 Å². The van der Waals surface area contributed by atoms with Crippen molar-refractivity contribution in [1.29, 1.82) is 0 Å². The summed E-state index contributed by atoms with van der Waals surface area (Å²) >= 11 is 0. The lowest BCUT2D eigenvalue weighted by Gasteiger charge is -2.23. The largest absolute Gasteiger partial charge is 0.381 e. The molecule has 3 heterocycles. The molecule has 0 spiro atoms. The van der Waals surface area contributed by atoms with Crippen LogP contribution >= 0.6 is 0 Å². The van der Waals surface area contributed by atoms with Gasteiger partial charge in [0, 0.05) is 13.2 Å². The molecule has 28 heavy (non-hydrogen) atoms. The van der Waals surface area contributed by atoms with Crippen LogP contribution in [0.25, 0.3) is 11.4 Å². The zero-order chi connectivity index (χ0) is 19.7. The maximum Gasteiger partial charge on any atom is 0.276 e. The monoisotopic (exact) mass is 388 g/mol. The van der Waals surface area contributed by atoms with Crippen molar-refractivity contribution in [3.63, 3.8) is 0 Å². The van der Waals surface area contributed by atoms with Gasteiger partial charge in [0.05, 0.1) is 17.3 Å². The Balaban J connectivity index is 1.56. The Bertz CT molecular complexity index is 989. The molecule has 1 saturated heterocycles. The molecular weight excluding hydrogens is 370 g/mol. The molecule has 2 aromatic heterocycles. The smallest absolute Gasteiger partial charge is 0.276 e. The van der Waals surface area contributed by atoms with E-state index in [9.17, 15) is 13.6 Å². The first-order valence-corrected chi connectivity index (χ1v) is 8.85. The molecule has 146 valence electrons. The summed E-state index contributed by atoms with van der Waals surface area (Å²) in [7, 11) is 0. The van der Waals surface area contributed by atoms with Gasteiger partial charge in [0.2, 0.25) is 5.95 Å². The number of anilines is 1. The van der Waals surface area contributed by atoms with Gasteiger partial charge in [-0.25, -0.2) is 8.78 Å². The first-order valence-electron chi connectivity index (χ1n) is 8.85. The highest BCUT2D eigenvalue weighted by Crippen LogP contribution is 2.25. The van der Waals surface area contributed by atoms with Crippen molar-refractivity contribution < 1.29 is 18.3 Å². The Morgan fingerprint density at radius 1 is 1.29 bits per heavy atom. The second kappa shape index (κ2) is 7.47. The Morgan fingerprint density at radius 2 is 2.00 bits per heavy atom. The average molecular weight is 388 g/mol. The van der Waals surface area contributed by atoms with Gasteiger partial charge >= 0.3 is 0 Å². The molecule has 0 unspecified atom stereocenters. The number of ether oxygens (including phenoxy) is 1. The third-order valence-electron chi connectivity index (χ3n) is 4.54. The van der Waals surface area contributed by atoms with Crippen molar-refractivity contribution in [3.05, 3.63) is 47.3 Å². The van der Waals surface area contributed by atoms with Crippen molar-refractivity contribution >= 4 is 11.9 Å². The lowest BCUT2D eigenvalue weighted by Crippen LogP contribution is -2.25. The molecule has 0 aliphatic carbocycles. The molecule has 0 radical (unpaired) electrons. The Morgan fingerprint density at radius 3 is 2.71 bits per heavy atom. The molecule has 10 heteroatoms. The van der Waals surface area contributed by atoms with Gasteiger partial charge in [-0.15, -0.1) is 5.10 Å². The summed E-state index contributed by atoms with van der Waals surface area (Å²) in [6.07, 6.45) is 1.53. The second-order valence-electron chi connectivity index (χ2n) is 6.52. The lowest BCUT2D eigenvalue weighted by molar-refractivity contribution is 0.0646. The Hall–Kier alpha value is -3.14. The van der Waals surface area contributed by atoms with Crippen molar-refractivity contribution in [2.24, 2.45) is 0 Å². The summed E-state index contributed by atoms with van der Waals surface area (Å²) in [5.41, 5.74) is 0.743. The van der Waals surface area contributed by atoms with Gasteiger partial charge < -0.3 is 4.74 Å². The fourth-order valence-electron chi connectivity index (χ4n) is 3.21. The molecule has 1 amide bonds. The van der Waals surface area contributed by atoms with Crippen molar-refractivity contribution in [2.45, 2.75) is 25.8 Å². The third-order valence-corrected chi connectivity index (χ3v) is 4.54. The molecule has 2 N–H and O–H groups in total. The number of nitrogens with zero attached hydrogens (tertiary/aromatic N) is 4. The number of aromatic amines is 1. The minimum absolute atomic E-state index is 0.0680. The van der Waals surface area contributed by atoms with E-state index in [1.165, 1.54) is 6.07 Å². The van der Waals surface area contributed by atoms with E-state index in [1.807, 2.05) is 0 Å². The quantitative estimate of drug-likeness (QED) is 0.716. The SMILES string of the molecule is Cc1cc(C(=O)Nc2n[nH]c(-c3c(F)cccc3F)n2)n(C2CCOCC2)n1. The number of hydrogen-bond acceptors (Lipinski definition) is 5. The van der Waals surface area contributed by atoms with Gasteiger partial charge in [0.1, 0.15) is 17.3 Å². The standard InChI is InChI=1S/C18H18F2N6O2/c1-10-9-14(26(25-10)11-5-7-28-8-6-11)17(27)22-18-21-16(23-24-18)15-12(19)3-2-4-13(15)20/h2-4,9,11H,5-8H2,1H3,(H2,21,22,23,24,27). The van der Waals surface area contributed by atoms with Gasteiger partial charge in [-0.1, -0.05) is 6.07 Å². The van der Waals surface area contributed by atoms with Crippen LogP contribution < -0.4 is 5.32 Å². The number of H-pyrrole nitrogens is 1. The molecule has 0 atom stereocenters. The average Bonchev–Trinajstić information content (AvgIpc) is 3.29. The number of aryl methyl sites for hydroxylation is 1. The summed E-state index contributed by atoms with van der Waals surface area (Å²) in [5, 5.41) is 13.3. The van der Waals surface area contributed by atoms with Gasteiger partial charge in [-0.2, -0.15) is 10.1 Å². The first kappa shape index (κ1) is 18.2. The minimum atomic E-state index is -0.776. The Kier molecular flexibility index (Phi) is 4.86. The molecule has 0 bridgehead atoms. The number of benzene rings is 1. The van der Waals surface area contributed by atoms with Crippen LogP contribution in [0, 0.1) is 18.6 Å². The maximum atomic E-state index is 13.9. The van der Waals surface area contributed by atoms with Crippen molar-refractivity contribution in [3.8, 4) is 11.4 Å². The number of carbonyl (C=O) groups is 1. The van der Waals surface area contributed by atoms with Gasteiger partial charge in [0.15, 0.2) is 5.82 Å². The molecule has 3 aromatic rings. The second-order valence-corrected chi connectivity index (χ2v) is 6.52. The molecule has 4 rings (SSSR count). The summed E-state index contributed by atoms with van der Waals surface area (Å²) in [5.74, 6) is -2.20. The van der Waals surface area contributed by atoms with Crippen LogP contribution in [0.3, 0.4) is 0 Å². The fraction of sp³-hybridized carbons (Fsp3) is 0.333. The van der Waals surface area contributed by atoms with E-state index < -0.39 is 17.5 Å². The van der Waals surface area contributed by atoms with Gasteiger partial charge in [-0.05, 0) is 38.0 Å². The van der Waals surface area contributed by atoms with Crippen LogP contribution in [0.2, 0.25) is 0 Å². The van der Waals surface area contributed by atoms with Gasteiger partial charge in [-0.3, -0.25) is 19.9 Å². The molecule has 1 aliphatic heterocycles. The minimum Gasteiger partial charge on any atom is -0.381 e. The number of hydrogen-bond donors (Lipinski definition) is 2. The van der Waals surface area contributed by atoms with Crippen LogP contribution in [0.1, 0.15) is 35.1 Å². The molecule has 8 nitrogen and oxygen atoms in total. The third kappa shape index (κ3) is 3.50.